The Hall–Kier alpha value is -1.12. The van der Waals surface area contributed by atoms with Gasteiger partial charge in [-0.25, -0.2) is 4.79 Å². The predicted molar refractivity (Wildman–Crippen MR) is 39.4 cm³/mol. The van der Waals surface area contributed by atoms with Crippen molar-refractivity contribution in [1.29, 1.82) is 0 Å². The second kappa shape index (κ2) is 2.73. The Balaban J connectivity index is 2.47. The average Bonchev–Trinajstić information content (AvgIpc) is 2.04. The quantitative estimate of drug-likeness (QED) is 0.558. The number of benzene rings is 1. The lowest BCUT2D eigenvalue weighted by atomic mass is 10.2. The zero-order chi connectivity index (χ0) is 8.55. The Kier molecular flexibility index (Phi) is 1.71. The van der Waals surface area contributed by atoms with Crippen LogP contribution < -0.4 is 9.42 Å². The Morgan fingerprint density at radius 2 is 2.00 bits per heavy atom. The molecule has 0 aromatic heterocycles. The van der Waals surface area contributed by atoms with Crippen LogP contribution in [0, 0.1) is 0 Å². The third kappa shape index (κ3) is 1.15. The van der Waals surface area contributed by atoms with Crippen molar-refractivity contribution in [1.82, 2.24) is 0 Å². The van der Waals surface area contributed by atoms with E-state index in [1.54, 1.807) is 24.3 Å². The van der Waals surface area contributed by atoms with Crippen molar-refractivity contribution < 1.29 is 18.7 Å². The molecule has 1 aromatic rings. The molecule has 0 spiro atoms. The van der Waals surface area contributed by atoms with Crippen LogP contribution in [0.4, 0.5) is 0 Å². The van der Waals surface area contributed by atoms with Crippen LogP contribution in [0.1, 0.15) is 10.4 Å². The summed E-state index contributed by atoms with van der Waals surface area (Å²) in [6.45, 7) is 0. The van der Waals surface area contributed by atoms with Crippen LogP contribution >= 0.6 is 8.60 Å². The van der Waals surface area contributed by atoms with E-state index in [0.29, 0.717) is 11.3 Å². The monoisotopic (exact) mass is 183 g/mol. The summed E-state index contributed by atoms with van der Waals surface area (Å²) in [7, 11) is -2.32. The van der Waals surface area contributed by atoms with E-state index in [0.717, 1.165) is 0 Å². The molecular weight excluding hydrogens is 179 g/mol. The van der Waals surface area contributed by atoms with Crippen molar-refractivity contribution in [2.24, 2.45) is 0 Å². The van der Waals surface area contributed by atoms with E-state index in [-0.39, 0.29) is 0 Å². The van der Waals surface area contributed by atoms with Gasteiger partial charge in [0.25, 0.3) is 0 Å². The summed E-state index contributed by atoms with van der Waals surface area (Å²) in [4.78, 5) is 21.7. The standard InChI is InChI=1S/C7H4O4P/c8-7-5-3-1-2-4-6(5)10-12(9)11-7/h1-4H/q-1. The highest BCUT2D eigenvalue weighted by molar-refractivity contribution is 7.40. The van der Waals surface area contributed by atoms with Crippen molar-refractivity contribution in [3.63, 3.8) is 0 Å². The molecule has 0 fully saturated rings. The second-order valence-corrected chi connectivity index (χ2v) is 3.00. The maximum absolute atomic E-state index is 11.0. The van der Waals surface area contributed by atoms with Crippen LogP contribution in [0.5, 0.6) is 5.75 Å². The summed E-state index contributed by atoms with van der Waals surface area (Å²) in [5.74, 6) is -0.284. The molecule has 0 saturated carbocycles. The van der Waals surface area contributed by atoms with Gasteiger partial charge in [0.2, 0.25) is 8.60 Å². The molecule has 1 atom stereocenters. The summed E-state index contributed by atoms with van der Waals surface area (Å²) in [6, 6.07) is 6.51. The summed E-state index contributed by atoms with van der Waals surface area (Å²) in [5, 5.41) is 0. The van der Waals surface area contributed by atoms with E-state index in [1.807, 2.05) is 0 Å². The number of rotatable bonds is 0. The van der Waals surface area contributed by atoms with E-state index < -0.39 is 14.6 Å². The lowest BCUT2D eigenvalue weighted by molar-refractivity contribution is -0.192. The van der Waals surface area contributed by atoms with Crippen LogP contribution in [0.2, 0.25) is 0 Å². The van der Waals surface area contributed by atoms with E-state index in [2.05, 4.69) is 4.52 Å². The summed E-state index contributed by atoms with van der Waals surface area (Å²) in [6.07, 6.45) is 0. The minimum absolute atomic E-state index is 0.312. The molecule has 0 bridgehead atoms. The van der Waals surface area contributed by atoms with Gasteiger partial charge in [0.1, 0.15) is 11.3 Å². The highest BCUT2D eigenvalue weighted by Gasteiger charge is 2.21. The lowest BCUT2D eigenvalue weighted by Crippen LogP contribution is -2.17. The number of hydrogen-bond acceptors (Lipinski definition) is 4. The Bertz CT molecular complexity index is 325. The third-order valence-electron chi connectivity index (χ3n) is 1.44. The fourth-order valence-electron chi connectivity index (χ4n) is 0.931. The first-order chi connectivity index (χ1) is 5.77. The van der Waals surface area contributed by atoms with Gasteiger partial charge in [-0.15, -0.1) is 0 Å². The fraction of sp³-hybridized carbons (Fsp3) is 0. The molecule has 0 amide bonds. The van der Waals surface area contributed by atoms with E-state index in [1.165, 1.54) is 0 Å². The molecule has 1 unspecified atom stereocenters. The van der Waals surface area contributed by atoms with Crippen molar-refractivity contribution in [2.45, 2.75) is 0 Å². The maximum Gasteiger partial charge on any atom is 0.346 e. The third-order valence-corrected chi connectivity index (χ3v) is 2.10. The first-order valence-corrected chi connectivity index (χ1v) is 4.33. The fourth-order valence-corrected chi connectivity index (χ4v) is 1.52. The zero-order valence-electron chi connectivity index (χ0n) is 5.89. The molecule has 62 valence electrons. The van der Waals surface area contributed by atoms with Crippen LogP contribution in [0.15, 0.2) is 24.3 Å². The van der Waals surface area contributed by atoms with Crippen LogP contribution in [-0.4, -0.2) is 5.97 Å². The van der Waals surface area contributed by atoms with E-state index in [9.17, 15) is 9.69 Å². The van der Waals surface area contributed by atoms with Crippen molar-refractivity contribution in [2.75, 3.05) is 0 Å². The zero-order valence-corrected chi connectivity index (χ0v) is 6.78. The Morgan fingerprint density at radius 1 is 1.25 bits per heavy atom. The van der Waals surface area contributed by atoms with Crippen molar-refractivity contribution in [3.05, 3.63) is 29.8 Å². The van der Waals surface area contributed by atoms with Gasteiger partial charge in [0.05, 0.1) is 0 Å². The normalized spacial score (nSPS) is 20.8. The van der Waals surface area contributed by atoms with Gasteiger partial charge in [0.15, 0.2) is 0 Å². The molecule has 12 heavy (non-hydrogen) atoms. The number of carbonyl (C=O) groups excluding carboxylic acids is 1. The van der Waals surface area contributed by atoms with Crippen LogP contribution in [0.25, 0.3) is 0 Å². The van der Waals surface area contributed by atoms with Crippen molar-refractivity contribution in [3.8, 4) is 5.75 Å². The Labute approximate surface area is 69.7 Å². The molecule has 0 radical (unpaired) electrons. The summed E-state index contributed by atoms with van der Waals surface area (Å²) < 4.78 is 9.13. The summed E-state index contributed by atoms with van der Waals surface area (Å²) in [5.41, 5.74) is 0.312. The van der Waals surface area contributed by atoms with Gasteiger partial charge in [-0.1, -0.05) is 12.1 Å². The molecule has 0 N–H and O–H groups in total. The number of fused-ring (bicyclic) bond motifs is 1. The minimum Gasteiger partial charge on any atom is -0.765 e. The molecule has 1 heterocycles. The molecule has 0 aliphatic carbocycles. The Morgan fingerprint density at radius 3 is 2.83 bits per heavy atom. The number of carbonyl (C=O) groups is 1. The van der Waals surface area contributed by atoms with Crippen LogP contribution in [-0.2, 0) is 4.52 Å². The van der Waals surface area contributed by atoms with E-state index in [4.69, 9.17) is 4.52 Å². The largest absolute Gasteiger partial charge is 0.765 e. The average molecular weight is 183 g/mol. The molecule has 1 aliphatic rings. The highest BCUT2D eigenvalue weighted by atomic mass is 31.2. The van der Waals surface area contributed by atoms with Crippen LogP contribution in [0.3, 0.4) is 0 Å². The van der Waals surface area contributed by atoms with Crippen molar-refractivity contribution >= 4 is 14.6 Å². The predicted octanol–water partition coefficient (Wildman–Crippen LogP) is 0.823. The molecule has 1 aromatic carbocycles. The maximum atomic E-state index is 11.0. The van der Waals surface area contributed by atoms with Gasteiger partial charge in [-0.3, -0.25) is 0 Å². The molecule has 2 rings (SSSR count). The lowest BCUT2D eigenvalue weighted by Gasteiger charge is -2.27. The first kappa shape index (κ1) is 7.53. The minimum atomic E-state index is -2.32. The molecule has 1 aliphatic heterocycles. The first-order valence-electron chi connectivity index (χ1n) is 3.24. The van der Waals surface area contributed by atoms with Gasteiger partial charge in [-0.05, 0) is 12.1 Å². The van der Waals surface area contributed by atoms with Gasteiger partial charge >= 0.3 is 5.97 Å². The summed E-state index contributed by atoms with van der Waals surface area (Å²) >= 11 is 0. The van der Waals surface area contributed by atoms with E-state index >= 15 is 0 Å². The molecular formula is C7H4O4P-. The SMILES string of the molecule is O=C1OP([O-])Oc2ccccc21. The topological polar surface area (TPSA) is 58.6 Å². The second-order valence-electron chi connectivity index (χ2n) is 2.19. The number of para-hydroxylation sites is 1. The molecule has 5 heteroatoms. The number of hydrogen-bond donors (Lipinski definition) is 0. The molecule has 4 nitrogen and oxygen atoms in total. The van der Waals surface area contributed by atoms with Gasteiger partial charge in [0, 0.05) is 0 Å². The highest BCUT2D eigenvalue weighted by Crippen LogP contribution is 2.39. The van der Waals surface area contributed by atoms with Gasteiger partial charge < -0.3 is 13.9 Å². The molecule has 0 saturated heterocycles. The smallest absolute Gasteiger partial charge is 0.346 e. The van der Waals surface area contributed by atoms with Gasteiger partial charge in [-0.2, -0.15) is 0 Å².